The highest BCUT2D eigenvalue weighted by atomic mass is 16.1. The molecule has 1 saturated heterocycles. The molecule has 3 aromatic rings. The van der Waals surface area contributed by atoms with E-state index in [9.17, 15) is 10.1 Å². The van der Waals surface area contributed by atoms with Gasteiger partial charge in [0.15, 0.2) is 5.82 Å². The van der Waals surface area contributed by atoms with E-state index < -0.39 is 5.41 Å². The predicted octanol–water partition coefficient (Wildman–Crippen LogP) is 3.59. The van der Waals surface area contributed by atoms with Gasteiger partial charge in [0.05, 0.1) is 11.5 Å². The van der Waals surface area contributed by atoms with Crippen molar-refractivity contribution in [2.75, 3.05) is 27.2 Å². The first kappa shape index (κ1) is 29.6. The minimum Gasteiger partial charge on any atom is -0.388 e. The Morgan fingerprint density at radius 3 is 2.36 bits per heavy atom. The number of nitriles is 1. The van der Waals surface area contributed by atoms with Crippen LogP contribution in [0.1, 0.15) is 82.5 Å². The van der Waals surface area contributed by atoms with Crippen molar-refractivity contribution in [1.29, 1.82) is 5.26 Å². The first-order valence-corrected chi connectivity index (χ1v) is 15.5. The number of nitrogens with one attached hydrogen (secondary N) is 4. The number of aromatic nitrogens is 4. The fourth-order valence-electron chi connectivity index (χ4n) is 7.52. The fraction of sp³-hybridized carbons (Fsp3) is 0.441. The zero-order valence-electron chi connectivity index (χ0n) is 25.7. The lowest BCUT2D eigenvalue weighted by Crippen LogP contribution is -2.57. The molecule has 0 radical (unpaired) electrons. The van der Waals surface area contributed by atoms with Crippen LogP contribution >= 0.6 is 0 Å². The van der Waals surface area contributed by atoms with Crippen molar-refractivity contribution < 1.29 is 4.79 Å². The number of hydrogen-bond acceptors (Lipinski definition) is 8. The number of carbonyl (C=O) groups excluding carboxylic acids is 1. The molecule has 4 N–H and O–H groups in total. The molecule has 1 aromatic heterocycles. The maximum absolute atomic E-state index is 12.7. The SMILES string of the molecule is C=C(NC)c1ccc2c(c1)CCc1cc(C(=O)NC)ccc1C2(CC1(NCC(=C)N2CCCC2C#N)CCC1)c1nn[nH]n1. The number of benzene rings is 2. The van der Waals surface area contributed by atoms with Crippen LogP contribution in [-0.2, 0) is 18.3 Å². The maximum atomic E-state index is 12.7. The molecule has 2 fully saturated rings. The van der Waals surface area contributed by atoms with Gasteiger partial charge in [0, 0.05) is 49.7 Å². The van der Waals surface area contributed by atoms with Crippen molar-refractivity contribution in [2.24, 2.45) is 0 Å². The number of likely N-dealkylation sites (tertiary alicyclic amines) is 1. The summed E-state index contributed by atoms with van der Waals surface area (Å²) in [6, 6.07) is 14.9. The molecule has 0 spiro atoms. The molecule has 44 heavy (non-hydrogen) atoms. The zero-order chi connectivity index (χ0) is 30.9. The molecule has 1 aliphatic heterocycles. The highest BCUT2D eigenvalue weighted by molar-refractivity contribution is 5.94. The molecule has 2 unspecified atom stereocenters. The van der Waals surface area contributed by atoms with Crippen molar-refractivity contribution in [3.05, 3.63) is 94.5 Å². The van der Waals surface area contributed by atoms with Gasteiger partial charge < -0.3 is 20.9 Å². The molecule has 1 amide bonds. The number of hydrogen-bond donors (Lipinski definition) is 4. The van der Waals surface area contributed by atoms with Gasteiger partial charge in [-0.3, -0.25) is 4.79 Å². The fourth-order valence-corrected chi connectivity index (χ4v) is 7.52. The number of aryl methyl sites for hydroxylation is 2. The Morgan fingerprint density at radius 1 is 1.07 bits per heavy atom. The van der Waals surface area contributed by atoms with Crippen molar-refractivity contribution >= 4 is 11.6 Å². The average Bonchev–Trinajstić information content (AvgIpc) is 3.73. The second kappa shape index (κ2) is 11.9. The van der Waals surface area contributed by atoms with Crippen LogP contribution in [0, 0.1) is 11.3 Å². The normalized spacial score (nSPS) is 21.7. The quantitative estimate of drug-likeness (QED) is 0.281. The Bertz CT molecular complexity index is 1550. The average molecular weight is 592 g/mol. The van der Waals surface area contributed by atoms with Crippen LogP contribution < -0.4 is 16.0 Å². The Labute approximate surface area is 259 Å². The summed E-state index contributed by atoms with van der Waals surface area (Å²) < 4.78 is 0. The number of tetrazole rings is 1. The van der Waals surface area contributed by atoms with Gasteiger partial charge in [-0.05, 0) is 97.4 Å². The Morgan fingerprint density at radius 2 is 1.77 bits per heavy atom. The minimum atomic E-state index is -0.730. The van der Waals surface area contributed by atoms with Crippen molar-refractivity contribution in [3.63, 3.8) is 0 Å². The molecule has 2 aliphatic carbocycles. The van der Waals surface area contributed by atoms with E-state index in [1.807, 2.05) is 19.2 Å². The van der Waals surface area contributed by atoms with Crippen molar-refractivity contribution in [3.8, 4) is 6.07 Å². The number of amides is 1. The van der Waals surface area contributed by atoms with Gasteiger partial charge in [0.25, 0.3) is 5.91 Å². The number of rotatable bonds is 10. The van der Waals surface area contributed by atoms with Crippen LogP contribution in [0.5, 0.6) is 0 Å². The van der Waals surface area contributed by atoms with E-state index in [0.29, 0.717) is 24.4 Å². The minimum absolute atomic E-state index is 0.107. The summed E-state index contributed by atoms with van der Waals surface area (Å²) in [4.78, 5) is 14.9. The summed E-state index contributed by atoms with van der Waals surface area (Å²) in [5.74, 6) is 0.506. The molecule has 2 heterocycles. The third-order valence-electron chi connectivity index (χ3n) is 10.0. The number of aromatic amines is 1. The van der Waals surface area contributed by atoms with E-state index in [2.05, 4.69) is 85.0 Å². The molecule has 2 aromatic carbocycles. The molecule has 228 valence electrons. The Kier molecular flexibility index (Phi) is 7.99. The van der Waals surface area contributed by atoms with Crippen LogP contribution in [0.3, 0.4) is 0 Å². The van der Waals surface area contributed by atoms with Crippen LogP contribution in [-0.4, -0.2) is 70.2 Å². The maximum Gasteiger partial charge on any atom is 0.251 e. The predicted molar refractivity (Wildman–Crippen MR) is 170 cm³/mol. The molecule has 3 aliphatic rings. The second-order valence-corrected chi connectivity index (χ2v) is 12.4. The summed E-state index contributed by atoms with van der Waals surface area (Å²) in [5, 5.41) is 35.7. The number of nitrogens with zero attached hydrogens (tertiary/aromatic N) is 5. The molecule has 1 saturated carbocycles. The summed E-state index contributed by atoms with van der Waals surface area (Å²) in [6.07, 6.45) is 7.28. The molecular weight excluding hydrogens is 550 g/mol. The highest BCUT2D eigenvalue weighted by Gasteiger charge is 2.52. The standard InChI is InChI=1S/C34H41N9O/c1-22(43-16-5-7-28(43)19-35)20-38-33(14-6-15-33)21-34(32-39-41-42-40-32)29-12-10-24(23(2)36-3)17-25(29)8-9-26-18-27(31(44)37-4)11-13-30(26)34/h10-13,17-18,28,36,38H,1-2,5-9,14-16,20-21H2,3-4H3,(H,37,44)(H,39,40,41,42). The smallest absolute Gasteiger partial charge is 0.251 e. The lowest BCUT2D eigenvalue weighted by molar-refractivity contribution is 0.0963. The van der Waals surface area contributed by atoms with Crippen LogP contribution in [0.4, 0.5) is 0 Å². The lowest BCUT2D eigenvalue weighted by atomic mass is 9.60. The number of carbonyl (C=O) groups is 1. The number of H-pyrrole nitrogens is 1. The monoisotopic (exact) mass is 591 g/mol. The first-order chi connectivity index (χ1) is 21.3. The number of fused-ring (bicyclic) bond motifs is 2. The van der Waals surface area contributed by atoms with E-state index in [1.54, 1.807) is 7.05 Å². The third kappa shape index (κ3) is 5.05. The summed E-state index contributed by atoms with van der Waals surface area (Å²) in [5.41, 5.74) is 7.10. The van der Waals surface area contributed by atoms with Crippen LogP contribution in [0.25, 0.3) is 5.70 Å². The summed E-state index contributed by atoms with van der Waals surface area (Å²) in [7, 11) is 3.54. The van der Waals surface area contributed by atoms with Gasteiger partial charge in [-0.15, -0.1) is 10.2 Å². The molecular formula is C34H41N9O. The molecule has 6 rings (SSSR count). The first-order valence-electron chi connectivity index (χ1n) is 15.5. The molecule has 10 heteroatoms. The Hall–Kier alpha value is -4.49. The van der Waals surface area contributed by atoms with E-state index >= 15 is 0 Å². The molecule has 0 bridgehead atoms. The largest absolute Gasteiger partial charge is 0.388 e. The van der Waals surface area contributed by atoms with Crippen molar-refractivity contribution in [1.82, 2.24) is 41.5 Å². The molecule has 2 atom stereocenters. The second-order valence-electron chi connectivity index (χ2n) is 12.4. The highest BCUT2D eigenvalue weighted by Crippen LogP contribution is 2.52. The van der Waals surface area contributed by atoms with E-state index in [-0.39, 0.29) is 17.5 Å². The van der Waals surface area contributed by atoms with Gasteiger partial charge in [-0.1, -0.05) is 36.6 Å². The van der Waals surface area contributed by atoms with E-state index in [1.165, 1.54) is 5.56 Å². The van der Waals surface area contributed by atoms with E-state index in [4.69, 9.17) is 0 Å². The van der Waals surface area contributed by atoms with Gasteiger partial charge in [-0.2, -0.15) is 10.5 Å². The molecule has 10 nitrogen and oxygen atoms in total. The van der Waals surface area contributed by atoms with E-state index in [0.717, 1.165) is 85.1 Å². The van der Waals surface area contributed by atoms with Gasteiger partial charge in [0.2, 0.25) is 0 Å². The summed E-state index contributed by atoms with van der Waals surface area (Å²) >= 11 is 0. The van der Waals surface area contributed by atoms with Crippen LogP contribution in [0.15, 0.2) is 55.3 Å². The van der Waals surface area contributed by atoms with Gasteiger partial charge in [0.1, 0.15) is 6.04 Å². The topological polar surface area (TPSA) is 135 Å². The summed E-state index contributed by atoms with van der Waals surface area (Å²) in [6.45, 7) is 10.1. The van der Waals surface area contributed by atoms with Gasteiger partial charge >= 0.3 is 0 Å². The van der Waals surface area contributed by atoms with Gasteiger partial charge in [-0.25, -0.2) is 0 Å². The van der Waals surface area contributed by atoms with Crippen molar-refractivity contribution in [2.45, 2.75) is 68.4 Å². The third-order valence-corrected chi connectivity index (χ3v) is 10.0. The zero-order valence-corrected chi connectivity index (χ0v) is 25.7. The van der Waals surface area contributed by atoms with Crippen LogP contribution in [0.2, 0.25) is 0 Å². The lowest BCUT2D eigenvalue weighted by Gasteiger charge is -2.49. The Balaban J connectivity index is 1.48.